The number of nitrogen functional groups attached to an aromatic ring is 1. The summed E-state index contributed by atoms with van der Waals surface area (Å²) < 4.78 is 40.8. The zero-order valence-corrected chi connectivity index (χ0v) is 10.4. The number of alkyl halides is 3. The van der Waals surface area contributed by atoms with Crippen LogP contribution in [0.2, 0.25) is 0 Å². The molecule has 19 heavy (non-hydrogen) atoms. The van der Waals surface area contributed by atoms with Crippen LogP contribution >= 0.6 is 11.8 Å². The minimum atomic E-state index is -4.38. The fourth-order valence-electron chi connectivity index (χ4n) is 1.05. The number of thioether (sulfide) groups is 1. The average Bonchev–Trinajstić information content (AvgIpc) is 2.62. The summed E-state index contributed by atoms with van der Waals surface area (Å²) in [6, 6.07) is 0. The number of carbonyl (C=O) groups is 1. The third-order valence-corrected chi connectivity index (χ3v) is 2.72. The highest BCUT2D eigenvalue weighted by Gasteiger charge is 2.27. The molecule has 0 radical (unpaired) electrons. The second kappa shape index (κ2) is 6.61. The van der Waals surface area contributed by atoms with Gasteiger partial charge in [-0.2, -0.15) is 13.2 Å². The van der Waals surface area contributed by atoms with E-state index in [0.29, 0.717) is 0 Å². The Morgan fingerprint density at radius 2 is 2.16 bits per heavy atom. The number of rotatable bonds is 7. The summed E-state index contributed by atoms with van der Waals surface area (Å²) in [6.45, 7) is -1.55. The Morgan fingerprint density at radius 3 is 2.74 bits per heavy atom. The third kappa shape index (κ3) is 5.79. The number of carboxylic acid groups (broad SMARTS) is 1. The first-order valence-corrected chi connectivity index (χ1v) is 5.96. The predicted molar refractivity (Wildman–Crippen MR) is 59.1 cm³/mol. The van der Waals surface area contributed by atoms with Gasteiger partial charge < -0.3 is 15.7 Å². The van der Waals surface area contributed by atoms with Crippen molar-refractivity contribution in [3.63, 3.8) is 0 Å². The molecule has 0 aromatic carbocycles. The van der Waals surface area contributed by atoms with Gasteiger partial charge in [0, 0.05) is 6.42 Å². The Balaban J connectivity index is 2.41. The van der Waals surface area contributed by atoms with Crippen LogP contribution in [-0.4, -0.2) is 51.1 Å². The zero-order valence-electron chi connectivity index (χ0n) is 9.55. The van der Waals surface area contributed by atoms with E-state index in [-0.39, 0.29) is 29.8 Å². The number of aromatic nitrogens is 3. The molecule has 0 spiro atoms. The monoisotopic (exact) mass is 300 g/mol. The lowest BCUT2D eigenvalue weighted by molar-refractivity contribution is -0.173. The molecular formula is C8H11F3N4O3S. The number of halogens is 3. The van der Waals surface area contributed by atoms with Gasteiger partial charge in [-0.15, -0.1) is 10.2 Å². The van der Waals surface area contributed by atoms with Gasteiger partial charge in [0.15, 0.2) is 5.82 Å². The number of aliphatic carboxylic acids is 1. The van der Waals surface area contributed by atoms with Crippen LogP contribution in [0.25, 0.3) is 0 Å². The maximum atomic E-state index is 11.8. The van der Waals surface area contributed by atoms with Gasteiger partial charge in [0.25, 0.3) is 0 Å². The topological polar surface area (TPSA) is 103 Å². The first-order valence-electron chi connectivity index (χ1n) is 4.98. The molecule has 0 saturated carbocycles. The molecule has 1 heterocycles. The molecule has 1 rings (SSSR count). The lowest BCUT2D eigenvalue weighted by Gasteiger charge is -2.07. The molecule has 11 heteroatoms. The van der Waals surface area contributed by atoms with Crippen LogP contribution in [0.15, 0.2) is 5.16 Å². The highest BCUT2D eigenvalue weighted by Crippen LogP contribution is 2.16. The van der Waals surface area contributed by atoms with E-state index >= 15 is 0 Å². The van der Waals surface area contributed by atoms with Gasteiger partial charge in [-0.3, -0.25) is 4.79 Å². The van der Waals surface area contributed by atoms with Crippen LogP contribution < -0.4 is 5.84 Å². The van der Waals surface area contributed by atoms with Gasteiger partial charge >= 0.3 is 12.1 Å². The summed E-state index contributed by atoms with van der Waals surface area (Å²) in [5.41, 5.74) is 0. The molecule has 7 nitrogen and oxygen atoms in total. The normalized spacial score (nSPS) is 11.7. The molecule has 0 unspecified atom stereocenters. The Bertz CT molecular complexity index is 437. The highest BCUT2D eigenvalue weighted by atomic mass is 32.2. The maximum Gasteiger partial charge on any atom is 0.411 e. The van der Waals surface area contributed by atoms with E-state index in [1.165, 1.54) is 0 Å². The quantitative estimate of drug-likeness (QED) is 0.424. The Hall–Kier alpha value is -1.49. The summed E-state index contributed by atoms with van der Waals surface area (Å²) in [6.07, 6.45) is -4.33. The Labute approximate surface area is 109 Å². The fourth-order valence-corrected chi connectivity index (χ4v) is 1.65. The van der Waals surface area contributed by atoms with E-state index in [9.17, 15) is 18.0 Å². The number of hydrogen-bond acceptors (Lipinski definition) is 6. The van der Waals surface area contributed by atoms with Crippen LogP contribution in [0.5, 0.6) is 0 Å². The first-order chi connectivity index (χ1) is 8.79. The molecule has 0 fully saturated rings. The molecule has 0 aliphatic rings. The number of carboxylic acids is 1. The highest BCUT2D eigenvalue weighted by molar-refractivity contribution is 7.99. The van der Waals surface area contributed by atoms with E-state index in [1.807, 2.05) is 0 Å². The summed E-state index contributed by atoms with van der Waals surface area (Å²) in [5, 5.41) is 15.9. The van der Waals surface area contributed by atoms with Crippen LogP contribution in [-0.2, 0) is 16.0 Å². The fraction of sp³-hybridized carbons (Fsp3) is 0.625. The molecule has 0 aliphatic carbocycles. The molecule has 1 aromatic heterocycles. The van der Waals surface area contributed by atoms with Crippen LogP contribution in [0.4, 0.5) is 13.2 Å². The number of nitrogens with two attached hydrogens (primary N) is 1. The molecular weight excluding hydrogens is 289 g/mol. The summed E-state index contributed by atoms with van der Waals surface area (Å²) in [4.78, 5) is 10.3. The van der Waals surface area contributed by atoms with Gasteiger partial charge in [0.2, 0.25) is 5.16 Å². The predicted octanol–water partition coefficient (Wildman–Crippen LogP) is 0.290. The second-order valence-corrected chi connectivity index (χ2v) is 4.31. The zero-order chi connectivity index (χ0) is 14.5. The van der Waals surface area contributed by atoms with E-state index in [4.69, 9.17) is 10.9 Å². The van der Waals surface area contributed by atoms with Gasteiger partial charge in [-0.05, 0) is 0 Å². The van der Waals surface area contributed by atoms with Crippen molar-refractivity contribution in [1.29, 1.82) is 0 Å². The van der Waals surface area contributed by atoms with Crippen LogP contribution in [0.3, 0.4) is 0 Å². The second-order valence-electron chi connectivity index (χ2n) is 3.37. The first kappa shape index (κ1) is 15.6. The van der Waals surface area contributed by atoms with Crippen molar-refractivity contribution >= 4 is 17.7 Å². The average molecular weight is 300 g/mol. The van der Waals surface area contributed by atoms with Gasteiger partial charge in [0.05, 0.1) is 12.4 Å². The SMILES string of the molecule is Nn1c(CCOCC(F)(F)F)nnc1SCC(=O)O. The van der Waals surface area contributed by atoms with Crippen molar-refractivity contribution in [2.75, 3.05) is 24.8 Å². The van der Waals surface area contributed by atoms with Crippen LogP contribution in [0, 0.1) is 0 Å². The molecule has 0 saturated heterocycles. The van der Waals surface area contributed by atoms with E-state index in [1.54, 1.807) is 0 Å². The van der Waals surface area contributed by atoms with Crippen molar-refractivity contribution in [3.05, 3.63) is 5.82 Å². The Kier molecular flexibility index (Phi) is 5.42. The number of hydrogen-bond donors (Lipinski definition) is 2. The third-order valence-electron chi connectivity index (χ3n) is 1.80. The number of ether oxygens (including phenoxy) is 1. The smallest absolute Gasteiger partial charge is 0.411 e. The molecule has 3 N–H and O–H groups in total. The van der Waals surface area contributed by atoms with Crippen molar-refractivity contribution in [2.24, 2.45) is 0 Å². The molecule has 0 amide bonds. The number of nitrogens with zero attached hydrogens (tertiary/aromatic N) is 3. The summed E-state index contributed by atoms with van der Waals surface area (Å²) in [5.74, 6) is 4.50. The van der Waals surface area contributed by atoms with Gasteiger partial charge in [-0.1, -0.05) is 11.8 Å². The van der Waals surface area contributed by atoms with Crippen molar-refractivity contribution in [1.82, 2.24) is 14.9 Å². The molecule has 0 bridgehead atoms. The minimum Gasteiger partial charge on any atom is -0.481 e. The molecule has 1 aromatic rings. The van der Waals surface area contributed by atoms with Gasteiger partial charge in [0.1, 0.15) is 6.61 Å². The minimum absolute atomic E-state index is 0.0488. The van der Waals surface area contributed by atoms with Crippen molar-refractivity contribution in [2.45, 2.75) is 17.8 Å². The van der Waals surface area contributed by atoms with Crippen LogP contribution in [0.1, 0.15) is 5.82 Å². The van der Waals surface area contributed by atoms with Gasteiger partial charge in [-0.25, -0.2) is 4.68 Å². The van der Waals surface area contributed by atoms with E-state index in [2.05, 4.69) is 14.9 Å². The largest absolute Gasteiger partial charge is 0.481 e. The van der Waals surface area contributed by atoms with E-state index in [0.717, 1.165) is 16.4 Å². The van der Waals surface area contributed by atoms with Crippen molar-refractivity contribution < 1.29 is 27.8 Å². The Morgan fingerprint density at radius 1 is 1.47 bits per heavy atom. The molecule has 0 aliphatic heterocycles. The molecule has 108 valence electrons. The summed E-state index contributed by atoms with van der Waals surface area (Å²) in [7, 11) is 0. The maximum absolute atomic E-state index is 11.8. The molecule has 0 atom stereocenters. The lowest BCUT2D eigenvalue weighted by atomic mass is 10.4. The standard InChI is InChI=1S/C8H11F3N4O3S/c9-8(10,11)4-18-2-1-5-13-14-7(15(5)12)19-3-6(16)17/h1-4,12H2,(H,16,17). The van der Waals surface area contributed by atoms with E-state index < -0.39 is 18.8 Å². The summed E-state index contributed by atoms with van der Waals surface area (Å²) >= 11 is 0.863. The van der Waals surface area contributed by atoms with Crippen molar-refractivity contribution in [3.8, 4) is 0 Å². The lowest BCUT2D eigenvalue weighted by Crippen LogP contribution is -2.20.